The van der Waals surface area contributed by atoms with E-state index in [-0.39, 0.29) is 89.3 Å². The number of carboxylic acids is 5. The Morgan fingerprint density at radius 2 is 0.534 bits per heavy atom. The maximum atomic E-state index is 14.4. The molecular weight excluding hydrogens is 1160 g/mol. The van der Waals surface area contributed by atoms with Crippen LogP contribution in [0.1, 0.15) is 163 Å². The van der Waals surface area contributed by atoms with Crippen molar-refractivity contribution in [3.8, 4) is 0 Å². The van der Waals surface area contributed by atoms with Crippen molar-refractivity contribution in [3.05, 3.63) is 0 Å². The van der Waals surface area contributed by atoms with Gasteiger partial charge in [0, 0.05) is 19.3 Å². The van der Waals surface area contributed by atoms with E-state index in [2.05, 4.69) is 47.9 Å². The molecule has 502 valence electrons. The number of amides is 9. The van der Waals surface area contributed by atoms with E-state index in [0.29, 0.717) is 38.6 Å². The summed E-state index contributed by atoms with van der Waals surface area (Å²) in [5, 5.41) is 69.6. The van der Waals surface area contributed by atoms with Gasteiger partial charge in [0.1, 0.15) is 54.4 Å². The van der Waals surface area contributed by atoms with Crippen LogP contribution in [0.15, 0.2) is 0 Å². The summed E-state index contributed by atoms with van der Waals surface area (Å²) in [6.45, 7) is 7.74. The predicted octanol–water partition coefficient (Wildman–Crippen LogP) is -3.56. The van der Waals surface area contributed by atoms with Gasteiger partial charge in [-0.05, 0) is 141 Å². The summed E-state index contributed by atoms with van der Waals surface area (Å²) in [4.78, 5) is 184. The molecule has 0 saturated carbocycles. The fraction of sp³-hybridized carbons (Fsp3) is 0.745. The van der Waals surface area contributed by atoms with Crippen molar-refractivity contribution in [2.24, 2.45) is 40.5 Å². The van der Waals surface area contributed by atoms with Crippen molar-refractivity contribution in [1.29, 1.82) is 0 Å². The van der Waals surface area contributed by atoms with Crippen molar-refractivity contribution in [3.63, 3.8) is 0 Å². The first kappa shape index (κ1) is 80.4. The molecule has 0 saturated heterocycles. The van der Waals surface area contributed by atoms with Gasteiger partial charge in [-0.3, -0.25) is 62.3 Å². The first-order chi connectivity index (χ1) is 41.4. The highest BCUT2D eigenvalue weighted by molar-refractivity contribution is 5.99. The first-order valence-corrected chi connectivity index (χ1v) is 29.8. The Balaban J connectivity index is 7.06. The van der Waals surface area contributed by atoms with Gasteiger partial charge in [0.2, 0.25) is 53.2 Å². The summed E-state index contributed by atoms with van der Waals surface area (Å²) in [6, 6.07) is -15.3. The Morgan fingerprint density at radius 1 is 0.295 bits per heavy atom. The summed E-state index contributed by atoms with van der Waals surface area (Å²) >= 11 is 0. The molecule has 33 heteroatoms. The van der Waals surface area contributed by atoms with Gasteiger partial charge < -0.3 is 102 Å². The number of unbranched alkanes of at least 4 members (excludes halogenated alkanes) is 4. The van der Waals surface area contributed by atoms with Gasteiger partial charge in [0.15, 0.2) is 0 Å². The highest BCUT2D eigenvalue weighted by Crippen LogP contribution is 2.14. The smallest absolute Gasteiger partial charge is 0.326 e. The lowest BCUT2D eigenvalue weighted by molar-refractivity contribution is -0.144. The Hall–Kier alpha value is -7.62. The topological polar surface area (TPSA) is 578 Å². The Labute approximate surface area is 511 Å². The second-order valence-corrected chi connectivity index (χ2v) is 22.3. The van der Waals surface area contributed by atoms with Gasteiger partial charge in [-0.1, -0.05) is 34.1 Å². The maximum absolute atomic E-state index is 14.4. The number of carbonyl (C=O) groups is 14. The average Bonchev–Trinajstić information content (AvgIpc) is 3.65. The zero-order valence-electron chi connectivity index (χ0n) is 50.9. The number of carboxylic acid groups (broad SMARTS) is 5. The van der Waals surface area contributed by atoms with E-state index in [1.54, 1.807) is 27.7 Å². The van der Waals surface area contributed by atoms with Gasteiger partial charge >= 0.3 is 29.8 Å². The minimum Gasteiger partial charge on any atom is -0.481 e. The number of nitrogens with two attached hydrogens (primary N) is 5. The summed E-state index contributed by atoms with van der Waals surface area (Å²) < 4.78 is 0. The third-order valence-corrected chi connectivity index (χ3v) is 13.6. The van der Waals surface area contributed by atoms with E-state index < -0.39 is 188 Å². The number of hydrogen-bond donors (Lipinski definition) is 19. The summed E-state index contributed by atoms with van der Waals surface area (Å²) in [6.07, 6.45) is -2.29. The molecule has 0 unspecified atom stereocenters. The standard InChI is InChI=1S/C55H98N14O19/c1-30(2)27-39(52(84)63-34(15-7-11-25-58)48(80)66-38(55(87)88)19-22-44(74)75)69-53(85)40(28-31(3)4)68-49(81)35(16-8-12-26-59)62-50(82)36(17-20-42(70)71)64-47(79)33(14-6-10-24-57)61-51(83)37(18-21-43(72)73)65-54(86)41(29-45(76)77)67-46(78)32(60)13-5-9-23-56/h30-41H,5-29,56-60H2,1-4H3,(H,61,83)(H,62,82)(H,63,84)(H,64,79)(H,65,86)(H,66,80)(H,67,78)(H,68,81)(H,69,85)(H,70,71)(H,72,73)(H,74,75)(H,76,77)(H,87,88)/t32-,33-,34-,35-,36-,37-,38-,39-,40-,41-/m0/s1. The molecular formula is C55H98N14O19. The Bertz CT molecular complexity index is 2290. The van der Waals surface area contributed by atoms with Crippen molar-refractivity contribution in [1.82, 2.24) is 47.9 Å². The van der Waals surface area contributed by atoms with Crippen LogP contribution in [0.2, 0.25) is 0 Å². The number of rotatable bonds is 50. The average molecular weight is 1260 g/mol. The number of aliphatic carboxylic acids is 5. The molecule has 10 atom stereocenters. The van der Waals surface area contributed by atoms with Gasteiger partial charge in [-0.15, -0.1) is 0 Å². The highest BCUT2D eigenvalue weighted by atomic mass is 16.4. The molecule has 0 aromatic rings. The van der Waals surface area contributed by atoms with Gasteiger partial charge in [0.05, 0.1) is 12.5 Å². The monoisotopic (exact) mass is 1260 g/mol. The Morgan fingerprint density at radius 3 is 0.807 bits per heavy atom. The minimum atomic E-state index is -1.81. The molecule has 33 nitrogen and oxygen atoms in total. The van der Waals surface area contributed by atoms with E-state index in [9.17, 15) is 87.5 Å². The molecule has 0 aromatic carbocycles. The van der Waals surface area contributed by atoms with Crippen molar-refractivity contribution in [2.75, 3.05) is 26.2 Å². The number of carbonyl (C=O) groups excluding carboxylic acids is 9. The molecule has 0 aromatic heterocycles. The lowest BCUT2D eigenvalue weighted by Gasteiger charge is -2.29. The van der Waals surface area contributed by atoms with Crippen LogP contribution in [-0.2, 0) is 67.1 Å². The third kappa shape index (κ3) is 35.3. The van der Waals surface area contributed by atoms with Gasteiger partial charge in [0.25, 0.3) is 0 Å². The Kier molecular flexibility index (Phi) is 40.9. The van der Waals surface area contributed by atoms with Crippen molar-refractivity contribution in [2.45, 2.75) is 223 Å². The summed E-state index contributed by atoms with van der Waals surface area (Å²) in [5.74, 6) is -16.8. The second kappa shape index (κ2) is 44.8. The number of hydrogen-bond acceptors (Lipinski definition) is 19. The van der Waals surface area contributed by atoms with Crippen LogP contribution >= 0.6 is 0 Å². The van der Waals surface area contributed by atoms with Crippen LogP contribution in [0.25, 0.3) is 0 Å². The predicted molar refractivity (Wildman–Crippen MR) is 316 cm³/mol. The quantitative estimate of drug-likeness (QED) is 0.0262. The van der Waals surface area contributed by atoms with Gasteiger partial charge in [-0.25, -0.2) is 4.79 Å². The van der Waals surface area contributed by atoms with E-state index in [4.69, 9.17) is 33.8 Å². The molecule has 0 spiro atoms. The molecule has 0 bridgehead atoms. The van der Waals surface area contributed by atoms with Crippen LogP contribution in [0.5, 0.6) is 0 Å². The van der Waals surface area contributed by atoms with E-state index in [1.165, 1.54) is 0 Å². The van der Waals surface area contributed by atoms with Gasteiger partial charge in [-0.2, -0.15) is 0 Å². The van der Waals surface area contributed by atoms with Crippen LogP contribution < -0.4 is 76.5 Å². The molecule has 0 aliphatic rings. The molecule has 0 rings (SSSR count). The SMILES string of the molecule is CC(C)C[C@H](NC(=O)[C@H](CC(C)C)NC(=O)[C@H](CCCCN)NC(=O)[C@H](CCC(=O)O)NC(=O)[C@H](CCCCN)NC(=O)[C@H](CCC(=O)O)NC(=O)[C@H](CC(=O)O)NC(=O)[C@@H](N)CCCCN)C(=O)N[C@@H](CCCCN)C(=O)N[C@@H](CCC(=O)O)C(=O)O. The molecule has 0 radical (unpaired) electrons. The fourth-order valence-electron chi connectivity index (χ4n) is 8.77. The lowest BCUT2D eigenvalue weighted by atomic mass is 9.98. The van der Waals surface area contributed by atoms with Crippen LogP contribution in [0, 0.1) is 11.8 Å². The zero-order valence-corrected chi connectivity index (χ0v) is 50.9. The normalized spacial score (nSPS) is 14.6. The van der Waals surface area contributed by atoms with Crippen LogP contribution in [0.3, 0.4) is 0 Å². The van der Waals surface area contributed by atoms with Crippen molar-refractivity contribution < 1.29 is 92.7 Å². The lowest BCUT2D eigenvalue weighted by Crippen LogP contribution is -2.60. The fourth-order valence-corrected chi connectivity index (χ4v) is 8.77. The first-order valence-electron chi connectivity index (χ1n) is 29.8. The molecule has 0 aliphatic heterocycles. The van der Waals surface area contributed by atoms with E-state index in [0.717, 1.165) is 0 Å². The number of nitrogens with one attached hydrogen (secondary N) is 9. The molecule has 0 aliphatic carbocycles. The molecule has 0 fully saturated rings. The minimum absolute atomic E-state index is 0.00327. The molecule has 0 heterocycles. The van der Waals surface area contributed by atoms with Crippen LogP contribution in [-0.4, -0.2) is 195 Å². The van der Waals surface area contributed by atoms with Crippen molar-refractivity contribution >= 4 is 83.0 Å². The maximum Gasteiger partial charge on any atom is 0.326 e. The van der Waals surface area contributed by atoms with Crippen LogP contribution in [0.4, 0.5) is 0 Å². The molecule has 88 heavy (non-hydrogen) atoms. The zero-order chi connectivity index (χ0) is 67.1. The summed E-state index contributed by atoms with van der Waals surface area (Å²) in [7, 11) is 0. The molecule has 24 N–H and O–H groups in total. The third-order valence-electron chi connectivity index (χ3n) is 13.6. The largest absolute Gasteiger partial charge is 0.481 e. The summed E-state index contributed by atoms with van der Waals surface area (Å²) in [5.41, 5.74) is 28.5. The highest BCUT2D eigenvalue weighted by Gasteiger charge is 2.37. The van der Waals surface area contributed by atoms with E-state index >= 15 is 0 Å². The van der Waals surface area contributed by atoms with E-state index in [1.807, 2.05) is 0 Å². The second-order valence-electron chi connectivity index (χ2n) is 22.3. The molecule has 9 amide bonds.